The Balaban J connectivity index is 2.24. The second-order valence-corrected chi connectivity index (χ2v) is 5.32. The minimum Gasteiger partial charge on any atom is -0.385 e. The summed E-state index contributed by atoms with van der Waals surface area (Å²) in [7, 11) is 1.76. The Morgan fingerprint density at radius 1 is 1.40 bits per heavy atom. The van der Waals surface area contributed by atoms with Gasteiger partial charge in [0, 0.05) is 31.7 Å². The Labute approximate surface area is 93.5 Å². The largest absolute Gasteiger partial charge is 0.385 e. The fourth-order valence-corrected chi connectivity index (χ4v) is 1.85. The Hall–Kier alpha value is -0.120. The van der Waals surface area contributed by atoms with Crippen molar-refractivity contribution in [3.8, 4) is 0 Å². The smallest absolute Gasteiger partial charge is 0.0554 e. The zero-order chi connectivity index (χ0) is 11.3. The fraction of sp³-hybridized carbons (Fsp3) is 1.00. The van der Waals surface area contributed by atoms with Crippen LogP contribution in [0.2, 0.25) is 0 Å². The molecule has 0 amide bonds. The van der Waals surface area contributed by atoms with Gasteiger partial charge in [0.15, 0.2) is 0 Å². The van der Waals surface area contributed by atoms with Gasteiger partial charge < -0.3 is 14.8 Å². The summed E-state index contributed by atoms with van der Waals surface area (Å²) in [5.74, 6) is 0.657. The van der Waals surface area contributed by atoms with E-state index in [-0.39, 0.29) is 0 Å². The Bertz CT molecular complexity index is 178. The molecule has 15 heavy (non-hydrogen) atoms. The number of hydrogen-bond donors (Lipinski definition) is 1. The van der Waals surface area contributed by atoms with Crippen LogP contribution in [-0.4, -0.2) is 39.5 Å². The highest BCUT2D eigenvalue weighted by Gasteiger charge is 2.33. The van der Waals surface area contributed by atoms with Crippen molar-refractivity contribution in [1.29, 1.82) is 0 Å². The van der Waals surface area contributed by atoms with E-state index in [4.69, 9.17) is 9.47 Å². The third-order valence-electron chi connectivity index (χ3n) is 3.13. The van der Waals surface area contributed by atoms with Crippen molar-refractivity contribution in [2.45, 2.75) is 33.2 Å². The topological polar surface area (TPSA) is 30.5 Å². The van der Waals surface area contributed by atoms with Gasteiger partial charge in [-0.15, -0.1) is 0 Å². The molecule has 1 saturated heterocycles. The molecule has 1 unspecified atom stereocenters. The van der Waals surface area contributed by atoms with Crippen molar-refractivity contribution in [2.24, 2.45) is 11.3 Å². The number of hydrogen-bond acceptors (Lipinski definition) is 3. The van der Waals surface area contributed by atoms with Crippen molar-refractivity contribution in [3.05, 3.63) is 0 Å². The van der Waals surface area contributed by atoms with Crippen LogP contribution < -0.4 is 5.32 Å². The molecule has 3 nitrogen and oxygen atoms in total. The zero-order valence-electron chi connectivity index (χ0n) is 10.5. The van der Waals surface area contributed by atoms with E-state index < -0.39 is 0 Å². The average Bonchev–Trinajstić information content (AvgIpc) is 2.14. The van der Waals surface area contributed by atoms with Crippen LogP contribution in [0.4, 0.5) is 0 Å². The fourth-order valence-electron chi connectivity index (χ4n) is 1.85. The van der Waals surface area contributed by atoms with E-state index >= 15 is 0 Å². The third kappa shape index (κ3) is 4.09. The predicted molar refractivity (Wildman–Crippen MR) is 62.0 cm³/mol. The maximum atomic E-state index is 5.25. The van der Waals surface area contributed by atoms with Crippen LogP contribution in [0.1, 0.15) is 27.2 Å². The van der Waals surface area contributed by atoms with E-state index in [1.54, 1.807) is 7.11 Å². The van der Waals surface area contributed by atoms with E-state index in [1.165, 1.54) is 0 Å². The molecule has 0 aromatic heterocycles. The van der Waals surface area contributed by atoms with E-state index in [2.05, 4.69) is 26.1 Å². The number of rotatable bonds is 7. The third-order valence-corrected chi connectivity index (χ3v) is 3.13. The Morgan fingerprint density at radius 2 is 2.07 bits per heavy atom. The van der Waals surface area contributed by atoms with E-state index in [1.807, 2.05) is 0 Å². The monoisotopic (exact) mass is 215 g/mol. The highest BCUT2D eigenvalue weighted by atomic mass is 16.5. The minimum atomic E-state index is 0.361. The maximum Gasteiger partial charge on any atom is 0.0554 e. The van der Waals surface area contributed by atoms with Crippen LogP contribution in [-0.2, 0) is 9.47 Å². The first-order chi connectivity index (χ1) is 7.07. The number of methoxy groups -OCH3 is 1. The molecule has 1 aliphatic rings. The van der Waals surface area contributed by atoms with Crippen LogP contribution >= 0.6 is 0 Å². The summed E-state index contributed by atoms with van der Waals surface area (Å²) in [4.78, 5) is 0. The minimum absolute atomic E-state index is 0.361. The summed E-state index contributed by atoms with van der Waals surface area (Å²) in [5.41, 5.74) is 0.361. The molecule has 1 atom stereocenters. The predicted octanol–water partition coefficient (Wildman–Crippen LogP) is 1.67. The molecule has 0 aromatic rings. The summed E-state index contributed by atoms with van der Waals surface area (Å²) in [6.45, 7) is 10.5. The molecule has 1 fully saturated rings. The normalized spacial score (nSPS) is 21.4. The first-order valence-corrected chi connectivity index (χ1v) is 5.87. The van der Waals surface area contributed by atoms with Gasteiger partial charge in [-0.1, -0.05) is 20.8 Å². The van der Waals surface area contributed by atoms with Crippen molar-refractivity contribution in [3.63, 3.8) is 0 Å². The standard InChI is InChI=1S/C12H25NO2/c1-10(2)11(5-6-14-4)13-7-12(3)8-15-9-12/h10-11,13H,5-9H2,1-4H3. The van der Waals surface area contributed by atoms with E-state index in [0.717, 1.165) is 32.8 Å². The van der Waals surface area contributed by atoms with Crippen LogP contribution in [0.25, 0.3) is 0 Å². The average molecular weight is 215 g/mol. The first kappa shape index (κ1) is 12.9. The molecule has 3 heteroatoms. The molecule has 1 N–H and O–H groups in total. The zero-order valence-corrected chi connectivity index (χ0v) is 10.5. The summed E-state index contributed by atoms with van der Waals surface area (Å²) < 4.78 is 10.4. The molecule has 0 spiro atoms. The second-order valence-electron chi connectivity index (χ2n) is 5.32. The molecule has 0 bridgehead atoms. The molecule has 0 saturated carbocycles. The van der Waals surface area contributed by atoms with E-state index in [0.29, 0.717) is 17.4 Å². The van der Waals surface area contributed by atoms with Crippen molar-refractivity contribution in [1.82, 2.24) is 5.32 Å². The maximum absolute atomic E-state index is 5.25. The summed E-state index contributed by atoms with van der Waals surface area (Å²) in [6, 6.07) is 0.558. The summed E-state index contributed by atoms with van der Waals surface area (Å²) in [6.07, 6.45) is 1.09. The van der Waals surface area contributed by atoms with Gasteiger partial charge in [-0.05, 0) is 12.3 Å². The number of ether oxygens (including phenoxy) is 2. The SMILES string of the molecule is COCCC(NCC1(C)COC1)C(C)C. The second kappa shape index (κ2) is 5.83. The Morgan fingerprint density at radius 3 is 2.47 bits per heavy atom. The lowest BCUT2D eigenvalue weighted by Gasteiger charge is -2.39. The van der Waals surface area contributed by atoms with Gasteiger partial charge in [-0.2, -0.15) is 0 Å². The quantitative estimate of drug-likeness (QED) is 0.701. The van der Waals surface area contributed by atoms with Gasteiger partial charge in [0.2, 0.25) is 0 Å². The van der Waals surface area contributed by atoms with Gasteiger partial charge in [0.05, 0.1) is 13.2 Å². The van der Waals surface area contributed by atoms with Crippen molar-refractivity contribution in [2.75, 3.05) is 33.5 Å². The van der Waals surface area contributed by atoms with Crippen molar-refractivity contribution < 1.29 is 9.47 Å². The lowest BCUT2D eigenvalue weighted by Crippen LogP contribution is -2.50. The molecule has 1 rings (SSSR count). The van der Waals surface area contributed by atoms with Crippen LogP contribution in [0.5, 0.6) is 0 Å². The van der Waals surface area contributed by atoms with Gasteiger partial charge in [-0.3, -0.25) is 0 Å². The molecule has 0 radical (unpaired) electrons. The van der Waals surface area contributed by atoms with E-state index in [9.17, 15) is 0 Å². The molecule has 1 heterocycles. The molecule has 90 valence electrons. The molecular formula is C12H25NO2. The van der Waals surface area contributed by atoms with Gasteiger partial charge >= 0.3 is 0 Å². The lowest BCUT2D eigenvalue weighted by molar-refractivity contribution is -0.101. The lowest BCUT2D eigenvalue weighted by atomic mass is 9.87. The van der Waals surface area contributed by atoms with Gasteiger partial charge in [0.25, 0.3) is 0 Å². The van der Waals surface area contributed by atoms with Gasteiger partial charge in [-0.25, -0.2) is 0 Å². The van der Waals surface area contributed by atoms with Crippen LogP contribution in [0.3, 0.4) is 0 Å². The molecule has 0 aliphatic carbocycles. The van der Waals surface area contributed by atoms with Gasteiger partial charge in [0.1, 0.15) is 0 Å². The number of nitrogens with one attached hydrogen (secondary N) is 1. The highest BCUT2D eigenvalue weighted by molar-refractivity contribution is 4.85. The summed E-state index contributed by atoms with van der Waals surface area (Å²) in [5, 5.41) is 3.64. The van der Waals surface area contributed by atoms with Crippen LogP contribution in [0, 0.1) is 11.3 Å². The molecule has 0 aromatic carbocycles. The molecular weight excluding hydrogens is 190 g/mol. The summed E-state index contributed by atoms with van der Waals surface area (Å²) >= 11 is 0. The Kier molecular flexibility index (Phi) is 5.03. The highest BCUT2D eigenvalue weighted by Crippen LogP contribution is 2.25. The van der Waals surface area contributed by atoms with Crippen molar-refractivity contribution >= 4 is 0 Å². The van der Waals surface area contributed by atoms with Crippen LogP contribution in [0.15, 0.2) is 0 Å². The molecule has 1 aliphatic heterocycles. The first-order valence-electron chi connectivity index (χ1n) is 5.87.